The van der Waals surface area contributed by atoms with Gasteiger partial charge in [-0.1, -0.05) is 13.0 Å². The lowest BCUT2D eigenvalue weighted by Gasteiger charge is -2.32. The van der Waals surface area contributed by atoms with Crippen molar-refractivity contribution in [2.75, 3.05) is 24.5 Å². The van der Waals surface area contributed by atoms with Crippen LogP contribution in [0.3, 0.4) is 0 Å². The van der Waals surface area contributed by atoms with Crippen LogP contribution in [-0.2, 0) is 6.54 Å². The van der Waals surface area contributed by atoms with E-state index in [2.05, 4.69) is 29.3 Å². The molecule has 1 aliphatic heterocycles. The molecule has 1 atom stereocenters. The zero-order valence-corrected chi connectivity index (χ0v) is 11.4. The molecule has 0 aliphatic carbocycles. The standard InChI is InChI=1S/C15H21N3O/c1-2-17-10-12-5-6-15(13(8-12)9-16)18-7-3-4-14(19)11-18/h5-6,8,14,17,19H,2-4,7,10-11H2,1H3. The molecule has 1 aromatic rings. The van der Waals surface area contributed by atoms with Gasteiger partial charge in [0.15, 0.2) is 0 Å². The van der Waals surface area contributed by atoms with Gasteiger partial charge in [-0.2, -0.15) is 5.26 Å². The first-order chi connectivity index (χ1) is 9.24. The van der Waals surface area contributed by atoms with Crippen molar-refractivity contribution in [1.82, 2.24) is 5.32 Å². The normalized spacial score (nSPS) is 19.2. The SMILES string of the molecule is CCNCc1ccc(N2CCCC(O)C2)c(C#N)c1. The van der Waals surface area contributed by atoms with E-state index in [0.29, 0.717) is 12.1 Å². The Morgan fingerprint density at radius 2 is 2.37 bits per heavy atom. The van der Waals surface area contributed by atoms with Gasteiger partial charge in [0.25, 0.3) is 0 Å². The van der Waals surface area contributed by atoms with Crippen LogP contribution in [0.4, 0.5) is 5.69 Å². The summed E-state index contributed by atoms with van der Waals surface area (Å²) in [5.74, 6) is 0. The van der Waals surface area contributed by atoms with Crippen LogP contribution in [0.5, 0.6) is 0 Å². The van der Waals surface area contributed by atoms with Gasteiger partial charge in [-0.3, -0.25) is 0 Å². The van der Waals surface area contributed by atoms with Gasteiger partial charge in [-0.25, -0.2) is 0 Å². The highest BCUT2D eigenvalue weighted by Gasteiger charge is 2.20. The third-order valence-corrected chi connectivity index (χ3v) is 3.50. The minimum absolute atomic E-state index is 0.276. The molecule has 0 saturated carbocycles. The Kier molecular flexibility index (Phi) is 4.78. The van der Waals surface area contributed by atoms with Crippen molar-refractivity contribution >= 4 is 5.69 Å². The summed E-state index contributed by atoms with van der Waals surface area (Å²) in [5.41, 5.74) is 2.77. The molecule has 1 heterocycles. The van der Waals surface area contributed by atoms with Crippen LogP contribution in [0, 0.1) is 11.3 Å². The highest BCUT2D eigenvalue weighted by Crippen LogP contribution is 2.25. The molecule has 0 amide bonds. The smallest absolute Gasteiger partial charge is 0.101 e. The molecule has 0 radical (unpaired) electrons. The van der Waals surface area contributed by atoms with Gasteiger partial charge in [0, 0.05) is 19.6 Å². The second-order valence-corrected chi connectivity index (χ2v) is 4.99. The monoisotopic (exact) mass is 259 g/mol. The summed E-state index contributed by atoms with van der Waals surface area (Å²) in [7, 11) is 0. The fourth-order valence-electron chi connectivity index (χ4n) is 2.50. The molecule has 4 heteroatoms. The number of nitrogens with zero attached hydrogens (tertiary/aromatic N) is 2. The number of β-amino-alcohol motifs (C(OH)–C–C–N with tert-alkyl or cyclic N) is 1. The molecular formula is C15H21N3O. The van der Waals surface area contributed by atoms with Gasteiger partial charge in [0.05, 0.1) is 17.4 Å². The quantitative estimate of drug-likeness (QED) is 0.863. The summed E-state index contributed by atoms with van der Waals surface area (Å²) < 4.78 is 0. The molecule has 4 nitrogen and oxygen atoms in total. The fraction of sp³-hybridized carbons (Fsp3) is 0.533. The number of aliphatic hydroxyl groups is 1. The minimum atomic E-state index is -0.276. The topological polar surface area (TPSA) is 59.3 Å². The lowest BCUT2D eigenvalue weighted by Crippen LogP contribution is -2.38. The van der Waals surface area contributed by atoms with Crippen molar-refractivity contribution in [3.63, 3.8) is 0 Å². The Labute approximate surface area is 114 Å². The second-order valence-electron chi connectivity index (χ2n) is 4.99. The maximum Gasteiger partial charge on any atom is 0.101 e. The molecule has 0 bridgehead atoms. The van der Waals surface area contributed by atoms with Crippen molar-refractivity contribution in [3.8, 4) is 6.07 Å². The number of hydrogen-bond acceptors (Lipinski definition) is 4. The zero-order chi connectivity index (χ0) is 13.7. The Bertz CT molecular complexity index is 467. The van der Waals surface area contributed by atoms with Gasteiger partial charge >= 0.3 is 0 Å². The van der Waals surface area contributed by atoms with Gasteiger partial charge in [-0.05, 0) is 37.1 Å². The van der Waals surface area contributed by atoms with E-state index in [4.69, 9.17) is 0 Å². The molecule has 2 N–H and O–H groups in total. The average molecular weight is 259 g/mol. The first kappa shape index (κ1) is 13.9. The first-order valence-corrected chi connectivity index (χ1v) is 6.91. The number of anilines is 1. The predicted octanol–water partition coefficient (Wildman–Crippen LogP) is 1.63. The zero-order valence-electron chi connectivity index (χ0n) is 11.4. The van der Waals surface area contributed by atoms with Crippen LogP contribution in [-0.4, -0.2) is 30.8 Å². The molecule has 102 valence electrons. The highest BCUT2D eigenvalue weighted by molar-refractivity contribution is 5.60. The van der Waals surface area contributed by atoms with Gasteiger partial charge in [0.1, 0.15) is 6.07 Å². The van der Waals surface area contributed by atoms with Crippen LogP contribution >= 0.6 is 0 Å². The molecule has 0 aromatic heterocycles. The molecule has 1 saturated heterocycles. The van der Waals surface area contributed by atoms with Gasteiger partial charge < -0.3 is 15.3 Å². The fourth-order valence-corrected chi connectivity index (χ4v) is 2.50. The summed E-state index contributed by atoms with van der Waals surface area (Å²) >= 11 is 0. The molecule has 1 unspecified atom stereocenters. The van der Waals surface area contributed by atoms with E-state index < -0.39 is 0 Å². The molecule has 19 heavy (non-hydrogen) atoms. The van der Waals surface area contributed by atoms with Gasteiger partial charge in [0.2, 0.25) is 0 Å². The molecule has 1 aliphatic rings. The summed E-state index contributed by atoms with van der Waals surface area (Å²) in [6.07, 6.45) is 1.56. The number of nitriles is 1. The minimum Gasteiger partial charge on any atom is -0.391 e. The van der Waals surface area contributed by atoms with Crippen LogP contribution in [0.1, 0.15) is 30.9 Å². The van der Waals surface area contributed by atoms with Crippen molar-refractivity contribution < 1.29 is 5.11 Å². The second kappa shape index (κ2) is 6.55. The first-order valence-electron chi connectivity index (χ1n) is 6.91. The largest absolute Gasteiger partial charge is 0.391 e. The number of benzene rings is 1. The highest BCUT2D eigenvalue weighted by atomic mass is 16.3. The Morgan fingerprint density at radius 3 is 3.05 bits per heavy atom. The number of aliphatic hydroxyl groups excluding tert-OH is 1. The summed E-state index contributed by atoms with van der Waals surface area (Å²) in [5, 5.41) is 22.3. The van der Waals surface area contributed by atoms with E-state index in [0.717, 1.165) is 43.7 Å². The van der Waals surface area contributed by atoms with Crippen molar-refractivity contribution in [2.45, 2.75) is 32.4 Å². The maximum absolute atomic E-state index is 9.74. The average Bonchev–Trinajstić information content (AvgIpc) is 2.44. The Balaban J connectivity index is 2.18. The van der Waals surface area contributed by atoms with Crippen molar-refractivity contribution in [1.29, 1.82) is 5.26 Å². The number of rotatable bonds is 4. The van der Waals surface area contributed by atoms with Gasteiger partial charge in [-0.15, -0.1) is 0 Å². The molecular weight excluding hydrogens is 238 g/mol. The lowest BCUT2D eigenvalue weighted by atomic mass is 10.0. The predicted molar refractivity (Wildman–Crippen MR) is 76.0 cm³/mol. The number of hydrogen-bond donors (Lipinski definition) is 2. The Morgan fingerprint density at radius 1 is 1.53 bits per heavy atom. The summed E-state index contributed by atoms with van der Waals surface area (Å²) in [4.78, 5) is 2.11. The summed E-state index contributed by atoms with van der Waals surface area (Å²) in [6, 6.07) is 8.28. The van der Waals surface area contributed by atoms with E-state index in [-0.39, 0.29) is 6.10 Å². The molecule has 1 fully saturated rings. The van der Waals surface area contributed by atoms with E-state index >= 15 is 0 Å². The van der Waals surface area contributed by atoms with E-state index in [9.17, 15) is 10.4 Å². The summed E-state index contributed by atoms with van der Waals surface area (Å²) in [6.45, 7) is 5.31. The van der Waals surface area contributed by atoms with Crippen LogP contribution < -0.4 is 10.2 Å². The molecule has 1 aromatic carbocycles. The van der Waals surface area contributed by atoms with Crippen LogP contribution in [0.25, 0.3) is 0 Å². The van der Waals surface area contributed by atoms with E-state index in [1.807, 2.05) is 12.1 Å². The van der Waals surface area contributed by atoms with Crippen molar-refractivity contribution in [2.24, 2.45) is 0 Å². The Hall–Kier alpha value is -1.57. The van der Waals surface area contributed by atoms with Crippen LogP contribution in [0.15, 0.2) is 18.2 Å². The number of piperidine rings is 1. The van der Waals surface area contributed by atoms with E-state index in [1.54, 1.807) is 0 Å². The van der Waals surface area contributed by atoms with Crippen molar-refractivity contribution in [3.05, 3.63) is 29.3 Å². The third kappa shape index (κ3) is 3.46. The maximum atomic E-state index is 9.74. The lowest BCUT2D eigenvalue weighted by molar-refractivity contribution is 0.154. The third-order valence-electron chi connectivity index (χ3n) is 3.50. The van der Waals surface area contributed by atoms with Crippen LogP contribution in [0.2, 0.25) is 0 Å². The molecule has 2 rings (SSSR count). The molecule has 0 spiro atoms. The van der Waals surface area contributed by atoms with E-state index in [1.165, 1.54) is 0 Å². The number of nitrogens with one attached hydrogen (secondary N) is 1.